The van der Waals surface area contributed by atoms with Gasteiger partial charge >= 0.3 is 0 Å². The van der Waals surface area contributed by atoms with Crippen LogP contribution in [0.3, 0.4) is 0 Å². The van der Waals surface area contributed by atoms with Crippen molar-refractivity contribution < 1.29 is 18.3 Å². The molecular weight excluding hydrogens is 384 g/mol. The minimum Gasteiger partial charge on any atom is -0.417 e. The van der Waals surface area contributed by atoms with Gasteiger partial charge in [0.15, 0.2) is 22.4 Å². The van der Waals surface area contributed by atoms with Crippen LogP contribution < -0.4 is 0 Å². The van der Waals surface area contributed by atoms with Gasteiger partial charge in [-0.05, 0) is 56.0 Å². The lowest BCUT2D eigenvalue weighted by atomic mass is 9.68. The third kappa shape index (κ3) is 5.91. The lowest BCUT2D eigenvalue weighted by molar-refractivity contribution is -0.336. The maximum absolute atomic E-state index is 6.61. The molecule has 1 aliphatic rings. The smallest absolute Gasteiger partial charge is 0.191 e. The summed E-state index contributed by atoms with van der Waals surface area (Å²) in [6.07, 6.45) is 0.898. The summed E-state index contributed by atoms with van der Waals surface area (Å²) in [5.74, 6) is 0.149. The Labute approximate surface area is 177 Å². The first-order valence-corrected chi connectivity index (χ1v) is 16.9. The molecular formula is C22H48O4Si2. The molecule has 0 amide bonds. The molecule has 0 aliphatic heterocycles. The van der Waals surface area contributed by atoms with Gasteiger partial charge in [-0.2, -0.15) is 0 Å². The predicted molar refractivity (Wildman–Crippen MR) is 124 cm³/mol. The number of hydrogen-bond acceptors (Lipinski definition) is 4. The molecule has 0 aromatic rings. The van der Waals surface area contributed by atoms with E-state index in [0.29, 0.717) is 25.7 Å². The third-order valence-corrected chi connectivity index (χ3v) is 16.4. The van der Waals surface area contributed by atoms with Crippen molar-refractivity contribution in [1.29, 1.82) is 0 Å². The molecule has 0 unspecified atom stereocenters. The van der Waals surface area contributed by atoms with Gasteiger partial charge in [-0.1, -0.05) is 41.5 Å². The van der Waals surface area contributed by atoms with E-state index in [1.54, 1.807) is 0 Å². The normalized spacial score (nSPS) is 23.6. The number of ether oxygens (including phenoxy) is 2. The minimum atomic E-state index is -1.82. The number of hydrogen-bond donors (Lipinski definition) is 0. The van der Waals surface area contributed by atoms with Crippen molar-refractivity contribution in [3.05, 3.63) is 0 Å². The van der Waals surface area contributed by atoms with Crippen LogP contribution in [-0.2, 0) is 18.3 Å². The largest absolute Gasteiger partial charge is 0.417 e. The topological polar surface area (TPSA) is 36.9 Å². The van der Waals surface area contributed by atoms with E-state index in [1.807, 2.05) is 13.8 Å². The summed E-state index contributed by atoms with van der Waals surface area (Å²) in [7, 11) is -3.59. The first-order chi connectivity index (χ1) is 12.5. The summed E-state index contributed by atoms with van der Waals surface area (Å²) < 4.78 is 25.5. The highest BCUT2D eigenvalue weighted by molar-refractivity contribution is 6.74. The van der Waals surface area contributed by atoms with E-state index < -0.39 is 22.4 Å². The van der Waals surface area contributed by atoms with Gasteiger partial charge in [-0.25, -0.2) is 0 Å². The highest BCUT2D eigenvalue weighted by Crippen LogP contribution is 2.50. The second kappa shape index (κ2) is 9.19. The molecule has 28 heavy (non-hydrogen) atoms. The molecule has 0 aromatic heterocycles. The van der Waals surface area contributed by atoms with E-state index in [0.717, 1.165) is 13.0 Å². The summed E-state index contributed by atoms with van der Waals surface area (Å²) >= 11 is 0. The van der Waals surface area contributed by atoms with Crippen molar-refractivity contribution in [1.82, 2.24) is 0 Å². The third-order valence-electron chi connectivity index (χ3n) is 7.35. The molecule has 2 atom stereocenters. The fraction of sp³-hybridized carbons (Fsp3) is 1.00. The standard InChI is InChI=1S/C22H48O4Si2/c1-13-23-22(24-14-2)15-18(16-25-27(9,10)20(3,4)5)19(22)17-26-28(11,12)21(6,7)8/h18-19H,13-17H2,1-12H3/t18-,19-/m1/s1. The van der Waals surface area contributed by atoms with E-state index in [1.165, 1.54) is 0 Å². The zero-order valence-corrected chi connectivity index (χ0v) is 22.8. The van der Waals surface area contributed by atoms with Gasteiger partial charge in [0, 0.05) is 38.8 Å². The molecule has 4 nitrogen and oxygen atoms in total. The first-order valence-electron chi connectivity index (χ1n) is 11.1. The highest BCUT2D eigenvalue weighted by atomic mass is 28.4. The van der Waals surface area contributed by atoms with Crippen LogP contribution in [0.15, 0.2) is 0 Å². The Kier molecular flexibility index (Phi) is 8.63. The van der Waals surface area contributed by atoms with E-state index in [9.17, 15) is 0 Å². The summed E-state index contributed by atoms with van der Waals surface area (Å²) in [6.45, 7) is 29.9. The fourth-order valence-electron chi connectivity index (χ4n) is 3.20. The molecule has 1 fully saturated rings. The highest BCUT2D eigenvalue weighted by Gasteiger charge is 2.57. The van der Waals surface area contributed by atoms with Crippen LogP contribution in [0.25, 0.3) is 0 Å². The molecule has 0 radical (unpaired) electrons. The van der Waals surface area contributed by atoms with Gasteiger partial charge in [-0.3, -0.25) is 0 Å². The van der Waals surface area contributed by atoms with E-state index in [2.05, 4.69) is 67.7 Å². The molecule has 0 N–H and O–H groups in total. The molecule has 0 spiro atoms. The van der Waals surface area contributed by atoms with E-state index in [-0.39, 0.29) is 16.0 Å². The SMILES string of the molecule is CCOC1(OCC)C[C@H](CO[Si](C)(C)C(C)(C)C)[C@H]1CO[Si](C)(C)C(C)(C)C. The predicted octanol–water partition coefficient (Wildman–Crippen LogP) is 6.44. The van der Waals surface area contributed by atoms with Crippen LogP contribution >= 0.6 is 0 Å². The molecule has 6 heteroatoms. The van der Waals surface area contributed by atoms with Crippen LogP contribution in [0, 0.1) is 11.8 Å². The maximum Gasteiger partial charge on any atom is 0.191 e. The first kappa shape index (κ1) is 26.3. The second-order valence-corrected chi connectivity index (χ2v) is 21.0. The molecule has 1 saturated carbocycles. The lowest BCUT2D eigenvalue weighted by Crippen LogP contribution is -2.62. The van der Waals surface area contributed by atoms with Crippen molar-refractivity contribution in [3.63, 3.8) is 0 Å². The zero-order chi connectivity index (χ0) is 22.0. The Balaban J connectivity index is 2.92. The van der Waals surface area contributed by atoms with Crippen LogP contribution in [0.1, 0.15) is 61.8 Å². The Morgan fingerprint density at radius 2 is 1.14 bits per heavy atom. The molecule has 1 aliphatic carbocycles. The fourth-order valence-corrected chi connectivity index (χ4v) is 5.30. The lowest BCUT2D eigenvalue weighted by Gasteiger charge is -2.55. The Morgan fingerprint density at radius 1 is 0.750 bits per heavy atom. The second-order valence-electron chi connectivity index (χ2n) is 11.4. The number of rotatable bonds is 10. The van der Waals surface area contributed by atoms with Gasteiger partial charge in [0.1, 0.15) is 0 Å². The van der Waals surface area contributed by atoms with E-state index in [4.69, 9.17) is 18.3 Å². The summed E-state index contributed by atoms with van der Waals surface area (Å²) in [6, 6.07) is 0. The molecule has 0 bridgehead atoms. The Hall–Kier alpha value is 0.274. The summed E-state index contributed by atoms with van der Waals surface area (Å²) in [4.78, 5) is 0. The zero-order valence-electron chi connectivity index (χ0n) is 20.8. The van der Waals surface area contributed by atoms with Crippen LogP contribution in [0.5, 0.6) is 0 Å². The molecule has 0 heterocycles. The average molecular weight is 433 g/mol. The van der Waals surface area contributed by atoms with Gasteiger partial charge < -0.3 is 18.3 Å². The van der Waals surface area contributed by atoms with E-state index >= 15 is 0 Å². The van der Waals surface area contributed by atoms with Gasteiger partial charge in [-0.15, -0.1) is 0 Å². The maximum atomic E-state index is 6.61. The molecule has 168 valence electrons. The summed E-state index contributed by atoms with van der Waals surface area (Å²) in [5.41, 5.74) is 0. The Morgan fingerprint density at radius 3 is 1.50 bits per heavy atom. The van der Waals surface area contributed by atoms with Crippen LogP contribution in [0.2, 0.25) is 36.3 Å². The molecule has 1 rings (SSSR count). The quantitative estimate of drug-likeness (QED) is 0.294. The van der Waals surface area contributed by atoms with Crippen molar-refractivity contribution in [2.45, 2.75) is 104 Å². The van der Waals surface area contributed by atoms with Crippen molar-refractivity contribution >= 4 is 16.6 Å². The van der Waals surface area contributed by atoms with Crippen molar-refractivity contribution in [2.24, 2.45) is 11.8 Å². The molecule has 0 saturated heterocycles. The van der Waals surface area contributed by atoms with Gasteiger partial charge in [0.25, 0.3) is 0 Å². The van der Waals surface area contributed by atoms with Crippen molar-refractivity contribution in [3.8, 4) is 0 Å². The molecule has 0 aromatic carbocycles. The van der Waals surface area contributed by atoms with Crippen LogP contribution in [-0.4, -0.2) is 48.8 Å². The summed E-state index contributed by atoms with van der Waals surface area (Å²) in [5, 5.41) is 0.421. The van der Waals surface area contributed by atoms with Gasteiger partial charge in [0.2, 0.25) is 0 Å². The average Bonchev–Trinajstić information content (AvgIpc) is 2.49. The minimum absolute atomic E-state index is 0.198. The van der Waals surface area contributed by atoms with Crippen LogP contribution in [0.4, 0.5) is 0 Å². The van der Waals surface area contributed by atoms with Gasteiger partial charge in [0.05, 0.1) is 0 Å². The van der Waals surface area contributed by atoms with Crippen molar-refractivity contribution in [2.75, 3.05) is 26.4 Å². The monoisotopic (exact) mass is 432 g/mol. The Bertz CT molecular complexity index is 486.